The van der Waals surface area contributed by atoms with E-state index in [0.717, 1.165) is 30.2 Å². The minimum Gasteiger partial charge on any atom is -0.487 e. The first-order chi connectivity index (χ1) is 21.2. The van der Waals surface area contributed by atoms with E-state index >= 15 is 0 Å². The van der Waals surface area contributed by atoms with Crippen LogP contribution in [0.5, 0.6) is 5.75 Å². The van der Waals surface area contributed by atoms with E-state index < -0.39 is 23.3 Å². The number of rotatable bonds is 12. The van der Waals surface area contributed by atoms with Gasteiger partial charge in [0, 0.05) is 54.7 Å². The molecule has 4 saturated carbocycles. The van der Waals surface area contributed by atoms with Crippen molar-refractivity contribution in [2.24, 2.45) is 34.8 Å². The van der Waals surface area contributed by atoms with Crippen molar-refractivity contribution >= 4 is 41.1 Å². The van der Waals surface area contributed by atoms with Gasteiger partial charge in [0.2, 0.25) is 11.8 Å². The minimum absolute atomic E-state index is 0.162. The van der Waals surface area contributed by atoms with E-state index in [-0.39, 0.29) is 25.4 Å². The molecule has 3 N–H and O–H groups in total. The molecule has 2 aromatic rings. The van der Waals surface area contributed by atoms with Crippen LogP contribution in [0.3, 0.4) is 0 Å². The lowest BCUT2D eigenvalue weighted by atomic mass is 9.13. The second-order valence-electron chi connectivity index (χ2n) is 12.5. The van der Waals surface area contributed by atoms with Crippen LogP contribution in [0.4, 0.5) is 5.69 Å². The third-order valence-electron chi connectivity index (χ3n) is 10.9. The number of anilines is 1. The van der Waals surface area contributed by atoms with Crippen LogP contribution in [0.15, 0.2) is 42.5 Å². The van der Waals surface area contributed by atoms with Crippen LogP contribution in [-0.4, -0.2) is 37.6 Å². The average Bonchev–Trinajstić information content (AvgIpc) is 2.95. The maximum absolute atomic E-state index is 12.2. The second kappa shape index (κ2) is 10.6. The highest BCUT2D eigenvalue weighted by molar-refractivity contribution is 6.33. The van der Waals surface area contributed by atoms with Crippen LogP contribution in [-0.2, 0) is 46.0 Å². The molecule has 5 fully saturated rings. The molecule has 4 aliphatic carbocycles. The summed E-state index contributed by atoms with van der Waals surface area (Å²) in [6, 6.07) is 10.9. The SMILES string of the molecule is COC(=O)/C=C/c1ccc(C2(OC)OOC23C2CC4CC5CC3C452)c(Cl)c1OCc1ccc(NC(=O)CCCC(N)=O)cc1. The minimum atomic E-state index is -1.16. The molecule has 11 heteroatoms. The number of esters is 1. The van der Waals surface area contributed by atoms with Crippen molar-refractivity contribution in [1.82, 2.24) is 0 Å². The zero-order chi connectivity index (χ0) is 30.9. The van der Waals surface area contributed by atoms with E-state index in [1.54, 1.807) is 25.3 Å². The molecular weight excluding hydrogens is 588 g/mol. The number of carbonyl (C=O) groups is 3. The average molecular weight is 623 g/mol. The van der Waals surface area contributed by atoms with Crippen molar-refractivity contribution < 1.29 is 38.4 Å². The predicted octanol–water partition coefficient (Wildman–Crippen LogP) is 4.88. The van der Waals surface area contributed by atoms with Crippen LogP contribution in [0.2, 0.25) is 5.02 Å². The van der Waals surface area contributed by atoms with E-state index in [9.17, 15) is 14.4 Å². The van der Waals surface area contributed by atoms with Gasteiger partial charge in [-0.05, 0) is 66.7 Å². The highest BCUT2D eigenvalue weighted by atomic mass is 35.5. The lowest BCUT2D eigenvalue weighted by molar-refractivity contribution is -0.701. The Morgan fingerprint density at radius 2 is 1.75 bits per heavy atom. The van der Waals surface area contributed by atoms with Gasteiger partial charge >= 0.3 is 5.97 Å². The molecular formula is C33H35ClN2O8. The van der Waals surface area contributed by atoms with Gasteiger partial charge < -0.3 is 25.3 Å². The Morgan fingerprint density at radius 1 is 1.02 bits per heavy atom. The number of primary amides is 1. The van der Waals surface area contributed by atoms with E-state index in [1.165, 1.54) is 19.6 Å². The Bertz CT molecular complexity index is 1530. The molecule has 5 atom stereocenters. The number of methoxy groups -OCH3 is 2. The summed E-state index contributed by atoms with van der Waals surface area (Å²) >= 11 is 7.13. The van der Waals surface area contributed by atoms with Crippen molar-refractivity contribution in [3.8, 4) is 5.75 Å². The molecule has 232 valence electrons. The van der Waals surface area contributed by atoms with Crippen molar-refractivity contribution in [1.29, 1.82) is 0 Å². The number of nitrogens with two attached hydrogens (primary N) is 1. The van der Waals surface area contributed by atoms with E-state index in [1.807, 2.05) is 24.3 Å². The number of hydrogen-bond donors (Lipinski definition) is 2. The standard InChI is InChI=1S/C33H35ClN2O8/c1-40-28(39)13-9-19-8-12-23(33(41-2)32(43-44-33)24-15-20-14-21-16-25(32)31(20,21)24)29(34)30(19)42-17-18-6-10-22(11-7-18)36-27(38)5-3-4-26(35)37/h6-13,20-21,24-25H,3-5,14-17H2,1-2H3,(H2,35,37)(H,36,38)/b13-9+. The molecule has 5 aliphatic rings. The summed E-state index contributed by atoms with van der Waals surface area (Å²) in [7, 11) is 2.94. The summed E-state index contributed by atoms with van der Waals surface area (Å²) in [5, 5.41) is 3.13. The van der Waals surface area contributed by atoms with E-state index in [0.29, 0.717) is 51.3 Å². The number of benzene rings is 2. The van der Waals surface area contributed by atoms with Gasteiger partial charge in [0.15, 0.2) is 5.60 Å². The number of hydrogen-bond acceptors (Lipinski definition) is 8. The molecule has 0 bridgehead atoms. The van der Waals surface area contributed by atoms with Crippen molar-refractivity contribution in [2.75, 3.05) is 19.5 Å². The van der Waals surface area contributed by atoms with Crippen LogP contribution in [0.25, 0.3) is 6.08 Å². The molecule has 2 spiro atoms. The van der Waals surface area contributed by atoms with Crippen molar-refractivity contribution in [3.63, 3.8) is 0 Å². The normalized spacial score (nSPS) is 33.4. The van der Waals surface area contributed by atoms with Gasteiger partial charge in [-0.1, -0.05) is 35.9 Å². The molecule has 7 rings (SSSR count). The number of fused-ring (bicyclic) bond motifs is 2. The van der Waals surface area contributed by atoms with Gasteiger partial charge in [0.25, 0.3) is 5.79 Å². The highest BCUT2D eigenvalue weighted by Crippen LogP contribution is 2.94. The molecule has 1 saturated heterocycles. The Kier molecular flexibility index (Phi) is 7.04. The van der Waals surface area contributed by atoms with E-state index in [4.69, 9.17) is 41.3 Å². The quantitative estimate of drug-likeness (QED) is 0.194. The van der Waals surface area contributed by atoms with Gasteiger partial charge in [-0.2, -0.15) is 4.89 Å². The third-order valence-corrected chi connectivity index (χ3v) is 11.3. The van der Waals surface area contributed by atoms with Gasteiger partial charge in [0.1, 0.15) is 12.4 Å². The van der Waals surface area contributed by atoms with Crippen LogP contribution < -0.4 is 15.8 Å². The van der Waals surface area contributed by atoms with Crippen molar-refractivity contribution in [2.45, 2.75) is 56.5 Å². The summed E-state index contributed by atoms with van der Waals surface area (Å²) in [4.78, 5) is 46.9. The molecule has 1 heterocycles. The van der Waals surface area contributed by atoms with Crippen molar-refractivity contribution in [3.05, 3.63) is 64.2 Å². The van der Waals surface area contributed by atoms with Crippen LogP contribution in [0, 0.1) is 29.1 Å². The molecule has 0 radical (unpaired) electrons. The highest BCUT2D eigenvalue weighted by Gasteiger charge is 2.97. The van der Waals surface area contributed by atoms with Gasteiger partial charge in [-0.15, -0.1) is 0 Å². The first kappa shape index (κ1) is 29.3. The Labute approximate surface area is 260 Å². The molecule has 10 nitrogen and oxygen atoms in total. The fourth-order valence-electron chi connectivity index (χ4n) is 8.96. The summed E-state index contributed by atoms with van der Waals surface area (Å²) in [5.41, 5.74) is 7.64. The fraction of sp³-hybridized carbons (Fsp3) is 0.485. The van der Waals surface area contributed by atoms with Gasteiger partial charge in [0.05, 0.1) is 12.1 Å². The van der Waals surface area contributed by atoms with Gasteiger partial charge in [-0.25, -0.2) is 9.68 Å². The van der Waals surface area contributed by atoms with Crippen LogP contribution >= 0.6 is 11.6 Å². The zero-order valence-corrected chi connectivity index (χ0v) is 25.4. The Hall–Kier alpha value is -3.44. The molecule has 2 amide bonds. The lowest BCUT2D eigenvalue weighted by Gasteiger charge is -2.93. The topological polar surface area (TPSA) is 135 Å². The first-order valence-electron chi connectivity index (χ1n) is 15.0. The Morgan fingerprint density at radius 3 is 2.34 bits per heavy atom. The summed E-state index contributed by atoms with van der Waals surface area (Å²) < 4.78 is 17.3. The molecule has 5 unspecified atom stereocenters. The molecule has 2 aromatic carbocycles. The molecule has 0 aromatic heterocycles. The van der Waals surface area contributed by atoms with E-state index in [2.05, 4.69) is 5.32 Å². The van der Waals surface area contributed by atoms with Gasteiger partial charge in [-0.3, -0.25) is 9.59 Å². The third kappa shape index (κ3) is 3.87. The lowest BCUT2D eigenvalue weighted by Crippen LogP contribution is -2.97. The summed E-state index contributed by atoms with van der Waals surface area (Å²) in [6.45, 7) is 0.162. The largest absolute Gasteiger partial charge is 0.487 e. The monoisotopic (exact) mass is 622 g/mol. The maximum atomic E-state index is 12.2. The second-order valence-corrected chi connectivity index (χ2v) is 12.9. The van der Waals surface area contributed by atoms with Crippen LogP contribution in [0.1, 0.15) is 55.2 Å². The summed E-state index contributed by atoms with van der Waals surface area (Å²) in [5.74, 6) is 0.429. The summed E-state index contributed by atoms with van der Waals surface area (Å²) in [6.07, 6.45) is 7.23. The first-order valence-corrected chi connectivity index (χ1v) is 15.4. The number of carbonyl (C=O) groups excluding carboxylic acids is 3. The number of halogens is 1. The molecule has 1 aliphatic heterocycles. The number of ether oxygens (including phenoxy) is 3. The fourth-order valence-corrected chi connectivity index (χ4v) is 9.32. The Balaban J connectivity index is 1.12. The molecule has 44 heavy (non-hydrogen) atoms. The predicted molar refractivity (Wildman–Crippen MR) is 159 cm³/mol. The maximum Gasteiger partial charge on any atom is 0.330 e. The number of nitrogens with one attached hydrogen (secondary N) is 1. The number of amides is 2. The smallest absolute Gasteiger partial charge is 0.330 e. The zero-order valence-electron chi connectivity index (χ0n) is 24.6.